The lowest BCUT2D eigenvalue weighted by Crippen LogP contribution is -2.48. The van der Waals surface area contributed by atoms with Gasteiger partial charge < -0.3 is 10.1 Å². The molecule has 2 nitrogen and oxygen atoms in total. The number of benzene rings is 1. The van der Waals surface area contributed by atoms with Crippen molar-refractivity contribution >= 4 is 0 Å². The Balaban J connectivity index is 1.80. The van der Waals surface area contributed by atoms with Gasteiger partial charge in [-0.2, -0.15) is 0 Å². The first kappa shape index (κ1) is 10.0. The van der Waals surface area contributed by atoms with Gasteiger partial charge in [-0.3, -0.25) is 0 Å². The van der Waals surface area contributed by atoms with E-state index in [-0.39, 0.29) is 5.60 Å². The lowest BCUT2D eigenvalue weighted by molar-refractivity contribution is 0.134. The zero-order valence-electron chi connectivity index (χ0n) is 10.1. The van der Waals surface area contributed by atoms with Gasteiger partial charge in [0.2, 0.25) is 0 Å². The molecule has 0 saturated carbocycles. The average molecular weight is 237 g/mol. The second-order valence-electron chi connectivity index (χ2n) is 5.14. The summed E-state index contributed by atoms with van der Waals surface area (Å²) in [5, 5.41) is 3.39. The van der Waals surface area contributed by atoms with Crippen LogP contribution in [0.1, 0.15) is 12.0 Å². The summed E-state index contributed by atoms with van der Waals surface area (Å²) in [5.74, 6) is 1.04. The SMILES string of the molecule is C1=CCC2=CNC[C@]3(Cc4ccccc4O3)C2=C1. The van der Waals surface area contributed by atoms with Gasteiger partial charge in [0.05, 0.1) is 6.54 Å². The van der Waals surface area contributed by atoms with E-state index in [0.29, 0.717) is 0 Å². The van der Waals surface area contributed by atoms with Crippen LogP contribution in [0.15, 0.2) is 59.8 Å². The molecule has 0 radical (unpaired) electrons. The number of allylic oxidation sites excluding steroid dienone is 3. The fraction of sp³-hybridized carbons (Fsp3) is 0.250. The molecule has 2 aliphatic heterocycles. The lowest BCUT2D eigenvalue weighted by Gasteiger charge is -2.37. The highest BCUT2D eigenvalue weighted by atomic mass is 16.5. The summed E-state index contributed by atoms with van der Waals surface area (Å²) in [7, 11) is 0. The molecule has 0 fully saturated rings. The van der Waals surface area contributed by atoms with Crippen LogP contribution in [-0.4, -0.2) is 12.1 Å². The molecule has 1 aliphatic carbocycles. The number of hydrogen-bond acceptors (Lipinski definition) is 2. The van der Waals surface area contributed by atoms with Crippen LogP contribution in [0.5, 0.6) is 5.75 Å². The highest BCUT2D eigenvalue weighted by Gasteiger charge is 2.45. The number of fused-ring (bicyclic) bond motifs is 3. The molecule has 0 bridgehead atoms. The van der Waals surface area contributed by atoms with Gasteiger partial charge in [0.25, 0.3) is 0 Å². The van der Waals surface area contributed by atoms with Gasteiger partial charge in [0.15, 0.2) is 5.60 Å². The molecule has 1 spiro atoms. The standard InChI is InChI=1S/C16H15NO/c1-3-7-14-13(6-1)10-17-11-16(14)9-12-5-2-4-8-15(12)18-16/h1-5,7-8,10,17H,6,9,11H2/t16-/m1/s1. The third-order valence-electron chi connectivity index (χ3n) is 3.99. The molecule has 90 valence electrons. The van der Waals surface area contributed by atoms with E-state index in [4.69, 9.17) is 4.74 Å². The first-order valence-electron chi connectivity index (χ1n) is 6.44. The molecule has 0 unspecified atom stereocenters. The third kappa shape index (κ3) is 1.29. The van der Waals surface area contributed by atoms with Gasteiger partial charge in [0, 0.05) is 18.2 Å². The van der Waals surface area contributed by atoms with Crippen molar-refractivity contribution in [1.82, 2.24) is 5.32 Å². The van der Waals surface area contributed by atoms with Crippen molar-refractivity contribution in [3.05, 3.63) is 65.4 Å². The van der Waals surface area contributed by atoms with E-state index >= 15 is 0 Å². The zero-order valence-corrected chi connectivity index (χ0v) is 10.1. The quantitative estimate of drug-likeness (QED) is 0.749. The number of ether oxygens (including phenoxy) is 1. The Morgan fingerprint density at radius 2 is 2.17 bits per heavy atom. The number of hydrogen-bond donors (Lipinski definition) is 1. The molecule has 1 aromatic rings. The molecule has 2 heterocycles. The molecule has 2 heteroatoms. The van der Waals surface area contributed by atoms with Gasteiger partial charge >= 0.3 is 0 Å². The molecular formula is C16H15NO. The van der Waals surface area contributed by atoms with Crippen LogP contribution in [-0.2, 0) is 6.42 Å². The van der Waals surface area contributed by atoms with Crippen molar-refractivity contribution in [2.75, 3.05) is 6.54 Å². The molecule has 18 heavy (non-hydrogen) atoms. The average Bonchev–Trinajstić information content (AvgIpc) is 2.78. The van der Waals surface area contributed by atoms with Gasteiger partial charge in [0.1, 0.15) is 5.75 Å². The lowest BCUT2D eigenvalue weighted by atomic mass is 9.79. The fourth-order valence-corrected chi connectivity index (χ4v) is 3.14. The van der Waals surface area contributed by atoms with Crippen LogP contribution >= 0.6 is 0 Å². The predicted molar refractivity (Wildman–Crippen MR) is 71.4 cm³/mol. The molecule has 4 rings (SSSR count). The topological polar surface area (TPSA) is 21.3 Å². The minimum absolute atomic E-state index is 0.196. The highest BCUT2D eigenvalue weighted by Crippen LogP contribution is 2.43. The summed E-state index contributed by atoms with van der Waals surface area (Å²) in [6.45, 7) is 0.852. The molecule has 0 aromatic heterocycles. The van der Waals surface area contributed by atoms with Crippen LogP contribution in [0.2, 0.25) is 0 Å². The van der Waals surface area contributed by atoms with Crippen molar-refractivity contribution in [1.29, 1.82) is 0 Å². The molecule has 1 atom stereocenters. The molecule has 0 saturated heterocycles. The Hall–Kier alpha value is -1.96. The Morgan fingerprint density at radius 1 is 1.22 bits per heavy atom. The summed E-state index contributed by atoms with van der Waals surface area (Å²) in [5.41, 5.74) is 3.82. The minimum atomic E-state index is -0.196. The summed E-state index contributed by atoms with van der Waals surface area (Å²) in [6, 6.07) is 8.37. The van der Waals surface area contributed by atoms with Crippen molar-refractivity contribution in [2.24, 2.45) is 0 Å². The van der Waals surface area contributed by atoms with Gasteiger partial charge in [-0.05, 0) is 23.6 Å². The maximum absolute atomic E-state index is 6.30. The Labute approximate surface area is 107 Å². The van der Waals surface area contributed by atoms with Crippen molar-refractivity contribution < 1.29 is 4.74 Å². The Kier molecular flexibility index (Phi) is 1.95. The van der Waals surface area contributed by atoms with E-state index in [9.17, 15) is 0 Å². The molecule has 1 aromatic carbocycles. The predicted octanol–water partition coefficient (Wildman–Crippen LogP) is 2.73. The van der Waals surface area contributed by atoms with Crippen LogP contribution in [0.3, 0.4) is 0 Å². The second-order valence-corrected chi connectivity index (χ2v) is 5.14. The first-order chi connectivity index (χ1) is 8.87. The number of rotatable bonds is 0. The van der Waals surface area contributed by atoms with E-state index in [2.05, 4.69) is 47.9 Å². The molecule has 0 amide bonds. The van der Waals surface area contributed by atoms with Crippen LogP contribution in [0.4, 0.5) is 0 Å². The van der Waals surface area contributed by atoms with Crippen LogP contribution in [0.25, 0.3) is 0 Å². The van der Waals surface area contributed by atoms with Crippen LogP contribution < -0.4 is 10.1 Å². The van der Waals surface area contributed by atoms with Crippen LogP contribution in [0, 0.1) is 0 Å². The number of nitrogens with one attached hydrogen (secondary N) is 1. The highest BCUT2D eigenvalue weighted by molar-refractivity contribution is 5.53. The van der Waals surface area contributed by atoms with E-state index < -0.39 is 0 Å². The van der Waals surface area contributed by atoms with Crippen molar-refractivity contribution in [3.8, 4) is 5.75 Å². The monoisotopic (exact) mass is 237 g/mol. The van der Waals surface area contributed by atoms with Gasteiger partial charge in [-0.1, -0.05) is 36.4 Å². The third-order valence-corrected chi connectivity index (χ3v) is 3.99. The molecule has 3 aliphatic rings. The van der Waals surface area contributed by atoms with Gasteiger partial charge in [-0.15, -0.1) is 0 Å². The van der Waals surface area contributed by atoms with Gasteiger partial charge in [-0.25, -0.2) is 0 Å². The molecular weight excluding hydrogens is 222 g/mol. The number of para-hydroxylation sites is 1. The second kappa shape index (κ2) is 3.52. The summed E-state index contributed by atoms with van der Waals surface area (Å²) >= 11 is 0. The maximum Gasteiger partial charge on any atom is 0.155 e. The van der Waals surface area contributed by atoms with E-state index in [0.717, 1.165) is 25.1 Å². The summed E-state index contributed by atoms with van der Waals surface area (Å²) in [6.07, 6.45) is 10.6. The maximum atomic E-state index is 6.30. The Bertz CT molecular complexity index is 570. The molecule has 1 N–H and O–H groups in total. The summed E-state index contributed by atoms with van der Waals surface area (Å²) in [4.78, 5) is 0. The fourth-order valence-electron chi connectivity index (χ4n) is 3.14. The Morgan fingerprint density at radius 3 is 3.11 bits per heavy atom. The van der Waals surface area contributed by atoms with Crippen molar-refractivity contribution in [2.45, 2.75) is 18.4 Å². The smallest absolute Gasteiger partial charge is 0.155 e. The summed E-state index contributed by atoms with van der Waals surface area (Å²) < 4.78 is 6.30. The normalized spacial score (nSPS) is 27.8. The van der Waals surface area contributed by atoms with E-state index in [1.807, 2.05) is 6.07 Å². The minimum Gasteiger partial charge on any atom is -0.480 e. The zero-order chi connectivity index (χ0) is 12.0. The van der Waals surface area contributed by atoms with E-state index in [1.54, 1.807) is 0 Å². The van der Waals surface area contributed by atoms with E-state index in [1.165, 1.54) is 16.7 Å². The largest absolute Gasteiger partial charge is 0.480 e. The first-order valence-corrected chi connectivity index (χ1v) is 6.44. The van der Waals surface area contributed by atoms with Crippen molar-refractivity contribution in [3.63, 3.8) is 0 Å².